The van der Waals surface area contributed by atoms with Crippen LogP contribution in [0.2, 0.25) is 0 Å². The summed E-state index contributed by atoms with van der Waals surface area (Å²) in [7, 11) is 0. The van der Waals surface area contributed by atoms with E-state index in [1.807, 2.05) is 19.1 Å². The molecule has 0 unspecified atom stereocenters. The highest BCUT2D eigenvalue weighted by Gasteiger charge is 2.03. The SMILES string of the molecule is Cc1cccnc1CNc1ccc(N)cc1F. The van der Waals surface area contributed by atoms with Crippen molar-refractivity contribution in [3.05, 3.63) is 53.6 Å². The number of halogens is 1. The summed E-state index contributed by atoms with van der Waals surface area (Å²) in [5.41, 5.74) is 8.32. The van der Waals surface area contributed by atoms with Gasteiger partial charge in [0.2, 0.25) is 0 Å². The molecule has 0 amide bonds. The van der Waals surface area contributed by atoms with Crippen molar-refractivity contribution >= 4 is 11.4 Å². The van der Waals surface area contributed by atoms with Gasteiger partial charge in [0, 0.05) is 11.9 Å². The van der Waals surface area contributed by atoms with Crippen LogP contribution in [0.15, 0.2) is 36.5 Å². The van der Waals surface area contributed by atoms with E-state index in [0.717, 1.165) is 11.3 Å². The lowest BCUT2D eigenvalue weighted by Gasteiger charge is -2.09. The van der Waals surface area contributed by atoms with E-state index in [-0.39, 0.29) is 5.82 Å². The van der Waals surface area contributed by atoms with Gasteiger partial charge in [-0.15, -0.1) is 0 Å². The standard InChI is InChI=1S/C13H14FN3/c1-9-3-2-6-16-13(9)8-17-12-5-4-10(15)7-11(12)14/h2-7,17H,8,15H2,1H3. The van der Waals surface area contributed by atoms with Crippen LogP contribution in [0.1, 0.15) is 11.3 Å². The number of hydrogen-bond acceptors (Lipinski definition) is 3. The van der Waals surface area contributed by atoms with Gasteiger partial charge in [0.15, 0.2) is 0 Å². The molecular weight excluding hydrogens is 217 g/mol. The second kappa shape index (κ2) is 4.82. The minimum Gasteiger partial charge on any atom is -0.399 e. The minimum absolute atomic E-state index is 0.349. The van der Waals surface area contributed by atoms with E-state index in [1.165, 1.54) is 6.07 Å². The van der Waals surface area contributed by atoms with E-state index in [1.54, 1.807) is 18.3 Å². The molecule has 0 spiro atoms. The molecule has 0 atom stereocenters. The summed E-state index contributed by atoms with van der Waals surface area (Å²) in [6.07, 6.45) is 1.73. The minimum atomic E-state index is -0.349. The molecule has 0 fully saturated rings. The molecule has 0 saturated heterocycles. The van der Waals surface area contributed by atoms with Crippen molar-refractivity contribution in [3.63, 3.8) is 0 Å². The molecule has 1 aromatic carbocycles. The molecule has 0 aliphatic heterocycles. The first-order valence-corrected chi connectivity index (χ1v) is 5.36. The highest BCUT2D eigenvalue weighted by atomic mass is 19.1. The zero-order valence-electron chi connectivity index (χ0n) is 9.57. The Bertz CT molecular complexity index is 526. The third-order valence-electron chi connectivity index (χ3n) is 2.56. The van der Waals surface area contributed by atoms with E-state index in [2.05, 4.69) is 10.3 Å². The lowest BCUT2D eigenvalue weighted by atomic mass is 10.2. The zero-order valence-corrected chi connectivity index (χ0v) is 9.57. The second-order valence-electron chi connectivity index (χ2n) is 3.86. The number of nitrogen functional groups attached to an aromatic ring is 1. The Morgan fingerprint density at radius 1 is 1.35 bits per heavy atom. The first-order valence-electron chi connectivity index (χ1n) is 5.36. The number of aryl methyl sites for hydroxylation is 1. The number of rotatable bonds is 3. The van der Waals surface area contributed by atoms with Gasteiger partial charge in [-0.25, -0.2) is 4.39 Å². The average Bonchev–Trinajstić information content (AvgIpc) is 2.30. The topological polar surface area (TPSA) is 50.9 Å². The molecule has 3 N–H and O–H groups in total. The van der Waals surface area contributed by atoms with Crippen molar-refractivity contribution in [2.24, 2.45) is 0 Å². The first-order chi connectivity index (χ1) is 8.16. The van der Waals surface area contributed by atoms with Crippen LogP contribution in [0.25, 0.3) is 0 Å². The lowest BCUT2D eigenvalue weighted by molar-refractivity contribution is 0.630. The van der Waals surface area contributed by atoms with Crippen molar-refractivity contribution < 1.29 is 4.39 Å². The summed E-state index contributed by atoms with van der Waals surface area (Å²) in [6.45, 7) is 2.47. The van der Waals surface area contributed by atoms with Crippen molar-refractivity contribution in [1.29, 1.82) is 0 Å². The third-order valence-corrected chi connectivity index (χ3v) is 2.56. The van der Waals surface area contributed by atoms with Crippen LogP contribution in [-0.2, 0) is 6.54 Å². The molecule has 0 saturated carbocycles. The second-order valence-corrected chi connectivity index (χ2v) is 3.86. The number of anilines is 2. The first kappa shape index (κ1) is 11.4. The Morgan fingerprint density at radius 3 is 2.88 bits per heavy atom. The number of hydrogen-bond donors (Lipinski definition) is 2. The van der Waals surface area contributed by atoms with Gasteiger partial charge >= 0.3 is 0 Å². The smallest absolute Gasteiger partial charge is 0.148 e. The van der Waals surface area contributed by atoms with Crippen molar-refractivity contribution in [2.45, 2.75) is 13.5 Å². The van der Waals surface area contributed by atoms with Gasteiger partial charge in [0.1, 0.15) is 5.82 Å². The van der Waals surface area contributed by atoms with Gasteiger partial charge in [-0.2, -0.15) is 0 Å². The fourth-order valence-electron chi connectivity index (χ4n) is 1.56. The molecule has 4 heteroatoms. The highest BCUT2D eigenvalue weighted by molar-refractivity contribution is 5.52. The monoisotopic (exact) mass is 231 g/mol. The Balaban J connectivity index is 2.10. The zero-order chi connectivity index (χ0) is 12.3. The largest absolute Gasteiger partial charge is 0.399 e. The molecule has 88 valence electrons. The van der Waals surface area contributed by atoms with Gasteiger partial charge in [-0.05, 0) is 36.8 Å². The molecule has 0 radical (unpaired) electrons. The molecular formula is C13H14FN3. The van der Waals surface area contributed by atoms with Crippen molar-refractivity contribution in [1.82, 2.24) is 4.98 Å². The summed E-state index contributed by atoms with van der Waals surface area (Å²) in [5, 5.41) is 3.00. The van der Waals surface area contributed by atoms with Crippen LogP contribution in [0.5, 0.6) is 0 Å². The van der Waals surface area contributed by atoms with Crippen molar-refractivity contribution in [2.75, 3.05) is 11.1 Å². The van der Waals surface area contributed by atoms with Gasteiger partial charge in [0.05, 0.1) is 17.9 Å². The number of nitrogens with two attached hydrogens (primary N) is 1. The molecule has 0 aliphatic carbocycles. The third kappa shape index (κ3) is 2.72. The molecule has 17 heavy (non-hydrogen) atoms. The average molecular weight is 231 g/mol. The van der Waals surface area contributed by atoms with Crippen LogP contribution in [-0.4, -0.2) is 4.98 Å². The maximum Gasteiger partial charge on any atom is 0.148 e. The normalized spacial score (nSPS) is 10.2. The summed E-state index contributed by atoms with van der Waals surface area (Å²) in [5.74, 6) is -0.349. The number of aromatic nitrogens is 1. The van der Waals surface area contributed by atoms with Crippen LogP contribution < -0.4 is 11.1 Å². The highest BCUT2D eigenvalue weighted by Crippen LogP contribution is 2.17. The van der Waals surface area contributed by atoms with E-state index < -0.39 is 0 Å². The van der Waals surface area contributed by atoms with Gasteiger partial charge in [0.25, 0.3) is 0 Å². The Morgan fingerprint density at radius 2 is 2.18 bits per heavy atom. The van der Waals surface area contributed by atoms with Crippen LogP contribution >= 0.6 is 0 Å². The molecule has 0 bridgehead atoms. The Hall–Kier alpha value is -2.10. The van der Waals surface area contributed by atoms with E-state index in [9.17, 15) is 4.39 Å². The fraction of sp³-hybridized carbons (Fsp3) is 0.154. The van der Waals surface area contributed by atoms with E-state index in [0.29, 0.717) is 17.9 Å². The number of nitrogens with one attached hydrogen (secondary N) is 1. The predicted molar refractivity (Wildman–Crippen MR) is 67.1 cm³/mol. The van der Waals surface area contributed by atoms with Gasteiger partial charge in [-0.1, -0.05) is 6.07 Å². The Labute approximate surface area is 99.5 Å². The molecule has 3 nitrogen and oxygen atoms in total. The number of nitrogens with zero attached hydrogens (tertiary/aromatic N) is 1. The quantitative estimate of drug-likeness (QED) is 0.798. The van der Waals surface area contributed by atoms with Crippen LogP contribution in [0.4, 0.5) is 15.8 Å². The summed E-state index contributed by atoms with van der Waals surface area (Å²) in [6, 6.07) is 8.44. The molecule has 1 aromatic heterocycles. The molecule has 2 rings (SSSR count). The molecule has 2 aromatic rings. The summed E-state index contributed by atoms with van der Waals surface area (Å²) >= 11 is 0. The maximum atomic E-state index is 13.5. The summed E-state index contributed by atoms with van der Waals surface area (Å²) < 4.78 is 13.5. The number of benzene rings is 1. The number of pyridine rings is 1. The summed E-state index contributed by atoms with van der Waals surface area (Å²) in [4.78, 5) is 4.23. The fourth-order valence-corrected chi connectivity index (χ4v) is 1.56. The van der Waals surface area contributed by atoms with Crippen LogP contribution in [0, 0.1) is 12.7 Å². The molecule has 1 heterocycles. The van der Waals surface area contributed by atoms with Gasteiger partial charge < -0.3 is 11.1 Å². The van der Waals surface area contributed by atoms with Crippen LogP contribution in [0.3, 0.4) is 0 Å². The predicted octanol–water partition coefficient (Wildman–Crippen LogP) is 2.72. The lowest BCUT2D eigenvalue weighted by Crippen LogP contribution is -2.05. The van der Waals surface area contributed by atoms with E-state index in [4.69, 9.17) is 5.73 Å². The Kier molecular flexibility index (Phi) is 3.23. The van der Waals surface area contributed by atoms with Crippen molar-refractivity contribution in [3.8, 4) is 0 Å². The van der Waals surface area contributed by atoms with Gasteiger partial charge in [-0.3, -0.25) is 4.98 Å². The molecule has 0 aliphatic rings. The van der Waals surface area contributed by atoms with E-state index >= 15 is 0 Å². The maximum absolute atomic E-state index is 13.5.